The molecular formula is C24H22FN5O3. The molecule has 168 valence electrons. The molecule has 2 heterocycles. The average molecular weight is 447 g/mol. The first-order valence-electron chi connectivity index (χ1n) is 10.5. The number of hydrazone groups is 1. The molecule has 2 aromatic carbocycles. The monoisotopic (exact) mass is 447 g/mol. The van der Waals surface area contributed by atoms with Gasteiger partial charge in [0.15, 0.2) is 0 Å². The Morgan fingerprint density at radius 2 is 2.18 bits per heavy atom. The fraction of sp³-hybridized carbons (Fsp3) is 0.250. The van der Waals surface area contributed by atoms with Gasteiger partial charge in [-0.3, -0.25) is 9.78 Å². The fourth-order valence-electron chi connectivity index (χ4n) is 3.50. The highest BCUT2D eigenvalue weighted by Gasteiger charge is 2.16. The molecule has 3 aromatic rings. The highest BCUT2D eigenvalue weighted by Crippen LogP contribution is 2.19. The largest absolute Gasteiger partial charge is 0.376 e. The number of ether oxygens (including phenoxy) is 2. The molecule has 33 heavy (non-hydrogen) atoms. The van der Waals surface area contributed by atoms with E-state index in [9.17, 15) is 14.4 Å². The van der Waals surface area contributed by atoms with E-state index in [0.717, 1.165) is 19.4 Å². The van der Waals surface area contributed by atoms with E-state index in [1.54, 1.807) is 30.3 Å². The summed E-state index contributed by atoms with van der Waals surface area (Å²) in [5, 5.41) is 13.5. The van der Waals surface area contributed by atoms with Crippen molar-refractivity contribution in [3.8, 4) is 17.3 Å². The van der Waals surface area contributed by atoms with Gasteiger partial charge in [0.1, 0.15) is 17.4 Å². The van der Waals surface area contributed by atoms with Crippen LogP contribution in [0, 0.1) is 17.1 Å². The number of rotatable bonds is 8. The molecule has 0 spiro atoms. The fourth-order valence-corrected chi connectivity index (χ4v) is 3.50. The van der Waals surface area contributed by atoms with Crippen molar-refractivity contribution in [3.05, 3.63) is 81.4 Å². The molecule has 1 unspecified atom stereocenters. The molecule has 1 aliphatic rings. The summed E-state index contributed by atoms with van der Waals surface area (Å²) in [6, 6.07) is 15.2. The average Bonchev–Trinajstić information content (AvgIpc) is 3.34. The quantitative estimate of drug-likeness (QED) is 0.403. The van der Waals surface area contributed by atoms with Gasteiger partial charge in [-0.1, -0.05) is 36.4 Å². The lowest BCUT2D eigenvalue weighted by Gasteiger charge is -2.11. The van der Waals surface area contributed by atoms with Crippen LogP contribution in [0.2, 0.25) is 0 Å². The molecule has 1 saturated heterocycles. The molecule has 1 fully saturated rings. The van der Waals surface area contributed by atoms with Crippen molar-refractivity contribution < 1.29 is 13.9 Å². The summed E-state index contributed by atoms with van der Waals surface area (Å²) in [5.74, 6) is -0.297. The summed E-state index contributed by atoms with van der Waals surface area (Å²) < 4.78 is 25.0. The summed E-state index contributed by atoms with van der Waals surface area (Å²) in [7, 11) is 0. The minimum Gasteiger partial charge on any atom is -0.376 e. The number of hydrogen-bond donors (Lipinski definition) is 2. The number of nitrogens with zero attached hydrogens (tertiary/aromatic N) is 3. The molecule has 1 atom stereocenters. The van der Waals surface area contributed by atoms with Crippen molar-refractivity contribution in [2.24, 2.45) is 5.10 Å². The third-order valence-corrected chi connectivity index (χ3v) is 5.14. The summed E-state index contributed by atoms with van der Waals surface area (Å²) in [5.41, 5.74) is 4.19. The van der Waals surface area contributed by atoms with Crippen LogP contribution >= 0.6 is 0 Å². The SMILES string of the molecule is N#Cc1c(-c2ccccc2)nc(NN=Cc2ccc(F)cc2COCC2CCCO2)[nH]c1=O. The van der Waals surface area contributed by atoms with Gasteiger partial charge in [-0.15, -0.1) is 0 Å². The van der Waals surface area contributed by atoms with Crippen LogP contribution in [0.4, 0.5) is 10.3 Å². The molecule has 0 bridgehead atoms. The standard InChI is InChI=1S/C24H22FN5O3/c25-19-9-8-17(18(11-19)14-32-15-20-7-4-10-33-20)13-27-30-24-28-22(16-5-2-1-3-6-16)21(12-26)23(31)29-24/h1-3,5-6,8-9,11,13,20H,4,7,10,14-15H2,(H2,28,29,30,31). The predicted molar refractivity (Wildman–Crippen MR) is 121 cm³/mol. The smallest absolute Gasteiger partial charge is 0.270 e. The first-order valence-corrected chi connectivity index (χ1v) is 10.5. The molecule has 4 rings (SSSR count). The highest BCUT2D eigenvalue weighted by atomic mass is 19.1. The van der Waals surface area contributed by atoms with Crippen LogP contribution < -0.4 is 11.0 Å². The second-order valence-corrected chi connectivity index (χ2v) is 7.48. The number of halogens is 1. The minimum atomic E-state index is -0.575. The second-order valence-electron chi connectivity index (χ2n) is 7.48. The Labute approximate surface area is 189 Å². The Balaban J connectivity index is 1.49. The van der Waals surface area contributed by atoms with E-state index in [0.29, 0.717) is 23.3 Å². The molecule has 0 saturated carbocycles. The van der Waals surface area contributed by atoms with Gasteiger partial charge in [-0.25, -0.2) is 14.8 Å². The van der Waals surface area contributed by atoms with Crippen LogP contribution in [0.25, 0.3) is 11.3 Å². The normalized spacial score (nSPS) is 15.6. The van der Waals surface area contributed by atoms with E-state index < -0.39 is 5.56 Å². The van der Waals surface area contributed by atoms with Gasteiger partial charge < -0.3 is 9.47 Å². The lowest BCUT2D eigenvalue weighted by Crippen LogP contribution is -2.16. The zero-order valence-corrected chi connectivity index (χ0v) is 17.8. The number of nitriles is 1. The van der Waals surface area contributed by atoms with Gasteiger partial charge in [0.25, 0.3) is 5.56 Å². The molecule has 2 N–H and O–H groups in total. The van der Waals surface area contributed by atoms with E-state index in [4.69, 9.17) is 9.47 Å². The molecule has 0 radical (unpaired) electrons. The molecular weight excluding hydrogens is 425 g/mol. The summed E-state index contributed by atoms with van der Waals surface area (Å²) in [6.45, 7) is 1.40. The van der Waals surface area contributed by atoms with E-state index in [1.165, 1.54) is 18.3 Å². The minimum absolute atomic E-state index is 0.0763. The van der Waals surface area contributed by atoms with Gasteiger partial charge in [0.05, 0.1) is 31.2 Å². The van der Waals surface area contributed by atoms with E-state index >= 15 is 0 Å². The Morgan fingerprint density at radius 1 is 1.33 bits per heavy atom. The lowest BCUT2D eigenvalue weighted by atomic mass is 10.1. The number of anilines is 1. The topological polar surface area (TPSA) is 112 Å². The van der Waals surface area contributed by atoms with Crippen molar-refractivity contribution in [3.63, 3.8) is 0 Å². The van der Waals surface area contributed by atoms with Crippen molar-refractivity contribution in [2.45, 2.75) is 25.6 Å². The Bertz CT molecular complexity index is 1230. The van der Waals surface area contributed by atoms with Gasteiger partial charge >= 0.3 is 0 Å². The molecule has 8 nitrogen and oxygen atoms in total. The predicted octanol–water partition coefficient (Wildman–Crippen LogP) is 3.59. The van der Waals surface area contributed by atoms with Crippen LogP contribution in [0.15, 0.2) is 58.4 Å². The number of nitrogens with one attached hydrogen (secondary N) is 2. The van der Waals surface area contributed by atoms with Crippen LogP contribution in [-0.2, 0) is 16.1 Å². The Kier molecular flexibility index (Phi) is 7.19. The summed E-state index contributed by atoms with van der Waals surface area (Å²) in [6.07, 6.45) is 3.55. The molecule has 0 aliphatic carbocycles. The highest BCUT2D eigenvalue weighted by molar-refractivity contribution is 5.82. The van der Waals surface area contributed by atoms with Crippen molar-refractivity contribution in [1.82, 2.24) is 9.97 Å². The molecule has 0 amide bonds. The maximum Gasteiger partial charge on any atom is 0.270 e. The number of benzene rings is 2. The first kappa shape index (κ1) is 22.3. The Morgan fingerprint density at radius 3 is 2.94 bits per heavy atom. The van der Waals surface area contributed by atoms with Crippen molar-refractivity contribution in [2.75, 3.05) is 18.6 Å². The van der Waals surface area contributed by atoms with Crippen LogP contribution in [-0.4, -0.2) is 35.5 Å². The number of aromatic amines is 1. The van der Waals surface area contributed by atoms with Crippen LogP contribution in [0.5, 0.6) is 0 Å². The van der Waals surface area contributed by atoms with Crippen LogP contribution in [0.1, 0.15) is 29.5 Å². The van der Waals surface area contributed by atoms with E-state index in [1.807, 2.05) is 12.1 Å². The third kappa shape index (κ3) is 5.68. The van der Waals surface area contributed by atoms with Gasteiger partial charge in [0, 0.05) is 17.7 Å². The van der Waals surface area contributed by atoms with E-state index in [2.05, 4.69) is 20.5 Å². The maximum absolute atomic E-state index is 13.8. The van der Waals surface area contributed by atoms with Crippen molar-refractivity contribution in [1.29, 1.82) is 5.26 Å². The lowest BCUT2D eigenvalue weighted by molar-refractivity contribution is 0.0105. The maximum atomic E-state index is 13.8. The van der Waals surface area contributed by atoms with Gasteiger partial charge in [0.2, 0.25) is 5.95 Å². The number of aromatic nitrogens is 2. The summed E-state index contributed by atoms with van der Waals surface area (Å²) >= 11 is 0. The zero-order chi connectivity index (χ0) is 23.0. The van der Waals surface area contributed by atoms with Gasteiger partial charge in [-0.2, -0.15) is 10.4 Å². The molecule has 9 heteroatoms. The van der Waals surface area contributed by atoms with Crippen LogP contribution in [0.3, 0.4) is 0 Å². The Hall–Kier alpha value is -3.87. The number of hydrogen-bond acceptors (Lipinski definition) is 7. The molecule has 1 aliphatic heterocycles. The number of H-pyrrole nitrogens is 1. The third-order valence-electron chi connectivity index (χ3n) is 5.14. The van der Waals surface area contributed by atoms with Crippen molar-refractivity contribution >= 4 is 12.2 Å². The van der Waals surface area contributed by atoms with Gasteiger partial charge in [-0.05, 0) is 30.5 Å². The molecule has 1 aromatic heterocycles. The summed E-state index contributed by atoms with van der Waals surface area (Å²) in [4.78, 5) is 19.2. The second kappa shape index (κ2) is 10.6. The van der Waals surface area contributed by atoms with E-state index in [-0.39, 0.29) is 35.7 Å². The first-order chi connectivity index (χ1) is 16.1. The zero-order valence-electron chi connectivity index (χ0n) is 17.8.